The summed E-state index contributed by atoms with van der Waals surface area (Å²) in [5.74, 6) is 0. The van der Waals surface area contributed by atoms with E-state index in [1.54, 1.807) is 0 Å². The number of aliphatic hydroxyl groups is 1. The summed E-state index contributed by atoms with van der Waals surface area (Å²) in [6, 6.07) is 0.531. The molecule has 1 saturated heterocycles. The molecule has 1 aliphatic rings. The summed E-state index contributed by atoms with van der Waals surface area (Å²) < 4.78 is 0. The normalized spacial score (nSPS) is 42.9. The van der Waals surface area contributed by atoms with Gasteiger partial charge in [-0.1, -0.05) is 0 Å². The molecule has 3 nitrogen and oxygen atoms in total. The first-order chi connectivity index (χ1) is 4.68. The molecule has 0 saturated carbocycles. The van der Waals surface area contributed by atoms with E-state index >= 15 is 0 Å². The highest BCUT2D eigenvalue weighted by molar-refractivity contribution is 4.79. The quantitative estimate of drug-likeness (QED) is 0.427. The molecule has 0 amide bonds. The van der Waals surface area contributed by atoms with Crippen LogP contribution in [0.1, 0.15) is 19.8 Å². The lowest BCUT2D eigenvalue weighted by molar-refractivity contribution is 0.148. The van der Waals surface area contributed by atoms with Crippen molar-refractivity contribution < 1.29 is 5.11 Å². The monoisotopic (exact) mass is 144 g/mol. The van der Waals surface area contributed by atoms with Crippen LogP contribution in [0.5, 0.6) is 0 Å². The van der Waals surface area contributed by atoms with Crippen LogP contribution in [0.2, 0.25) is 0 Å². The van der Waals surface area contributed by atoms with E-state index in [9.17, 15) is 5.11 Å². The van der Waals surface area contributed by atoms with Gasteiger partial charge in [-0.15, -0.1) is 0 Å². The largest absolute Gasteiger partial charge is 0.393 e. The Morgan fingerprint density at radius 3 is 2.90 bits per heavy atom. The third-order valence-electron chi connectivity index (χ3n) is 1.93. The van der Waals surface area contributed by atoms with Crippen LogP contribution in [0, 0.1) is 0 Å². The van der Waals surface area contributed by atoms with E-state index in [1.165, 1.54) is 0 Å². The van der Waals surface area contributed by atoms with Gasteiger partial charge in [0.15, 0.2) is 0 Å². The zero-order valence-corrected chi connectivity index (χ0v) is 6.38. The van der Waals surface area contributed by atoms with Crippen molar-refractivity contribution in [1.29, 1.82) is 0 Å². The molecule has 60 valence electrons. The Hall–Kier alpha value is -0.120. The Morgan fingerprint density at radius 1 is 1.50 bits per heavy atom. The molecular formula is C7H16N2O. The highest BCUT2D eigenvalue weighted by Gasteiger charge is 2.18. The smallest absolute Gasteiger partial charge is 0.0570 e. The van der Waals surface area contributed by atoms with Crippen molar-refractivity contribution >= 4 is 0 Å². The van der Waals surface area contributed by atoms with Crippen LogP contribution in [0.25, 0.3) is 0 Å². The molecule has 0 aromatic heterocycles. The fourth-order valence-corrected chi connectivity index (χ4v) is 1.37. The van der Waals surface area contributed by atoms with Gasteiger partial charge in [0.1, 0.15) is 0 Å². The molecule has 1 unspecified atom stereocenters. The Kier molecular flexibility index (Phi) is 2.65. The molecule has 0 aromatic rings. The molecular weight excluding hydrogens is 128 g/mol. The predicted octanol–water partition coefficient (Wildman–Crippen LogP) is -0.553. The molecule has 3 atom stereocenters. The Bertz CT molecular complexity index is 95.8. The number of hydrogen-bond donors (Lipinski definition) is 3. The number of nitrogens with one attached hydrogen (secondary N) is 1. The number of nitrogens with two attached hydrogens (primary N) is 1. The van der Waals surface area contributed by atoms with Crippen molar-refractivity contribution in [2.75, 3.05) is 6.54 Å². The first-order valence-electron chi connectivity index (χ1n) is 3.85. The van der Waals surface area contributed by atoms with Crippen molar-refractivity contribution in [2.24, 2.45) is 5.73 Å². The third kappa shape index (κ3) is 2.25. The SMILES string of the molecule is C[C@H]1CC(O)C[C@H](N)CN1. The van der Waals surface area contributed by atoms with E-state index in [2.05, 4.69) is 12.2 Å². The maximum absolute atomic E-state index is 9.31. The average molecular weight is 144 g/mol. The van der Waals surface area contributed by atoms with Gasteiger partial charge in [0.25, 0.3) is 0 Å². The molecule has 0 aliphatic carbocycles. The van der Waals surface area contributed by atoms with Gasteiger partial charge in [-0.05, 0) is 19.8 Å². The van der Waals surface area contributed by atoms with Gasteiger partial charge in [-0.25, -0.2) is 0 Å². The fraction of sp³-hybridized carbons (Fsp3) is 1.00. The van der Waals surface area contributed by atoms with Gasteiger partial charge >= 0.3 is 0 Å². The van der Waals surface area contributed by atoms with E-state index < -0.39 is 0 Å². The number of rotatable bonds is 0. The molecule has 1 heterocycles. The topological polar surface area (TPSA) is 58.3 Å². The maximum Gasteiger partial charge on any atom is 0.0570 e. The van der Waals surface area contributed by atoms with Gasteiger partial charge in [0, 0.05) is 18.6 Å². The van der Waals surface area contributed by atoms with Crippen LogP contribution in [0.15, 0.2) is 0 Å². The summed E-state index contributed by atoms with van der Waals surface area (Å²) in [4.78, 5) is 0. The second-order valence-corrected chi connectivity index (χ2v) is 3.19. The molecule has 0 spiro atoms. The van der Waals surface area contributed by atoms with E-state index in [1.807, 2.05) is 0 Å². The van der Waals surface area contributed by atoms with Gasteiger partial charge < -0.3 is 16.2 Å². The molecule has 1 fully saturated rings. The first kappa shape index (κ1) is 7.98. The maximum atomic E-state index is 9.31. The van der Waals surface area contributed by atoms with E-state index in [4.69, 9.17) is 5.73 Å². The zero-order chi connectivity index (χ0) is 7.56. The van der Waals surface area contributed by atoms with Crippen LogP contribution in [-0.2, 0) is 0 Å². The fourth-order valence-electron chi connectivity index (χ4n) is 1.37. The lowest BCUT2D eigenvalue weighted by Gasteiger charge is -2.10. The summed E-state index contributed by atoms with van der Waals surface area (Å²) in [5.41, 5.74) is 5.66. The standard InChI is InChI=1S/C7H16N2O/c1-5-2-7(10)3-6(8)4-9-5/h5-7,9-10H,2-4,8H2,1H3/t5-,6-,7?/m0/s1. The molecule has 0 aromatic carbocycles. The van der Waals surface area contributed by atoms with Gasteiger partial charge in [-0.2, -0.15) is 0 Å². The van der Waals surface area contributed by atoms with Crippen LogP contribution in [-0.4, -0.2) is 29.8 Å². The second kappa shape index (κ2) is 3.32. The summed E-state index contributed by atoms with van der Waals surface area (Å²) >= 11 is 0. The first-order valence-corrected chi connectivity index (χ1v) is 3.85. The van der Waals surface area contributed by atoms with Crippen molar-refractivity contribution in [3.63, 3.8) is 0 Å². The van der Waals surface area contributed by atoms with Crippen LogP contribution < -0.4 is 11.1 Å². The van der Waals surface area contributed by atoms with E-state index in [0.717, 1.165) is 19.4 Å². The van der Waals surface area contributed by atoms with Crippen LogP contribution in [0.3, 0.4) is 0 Å². The third-order valence-corrected chi connectivity index (χ3v) is 1.93. The summed E-state index contributed by atoms with van der Waals surface area (Å²) in [6.45, 7) is 2.90. The van der Waals surface area contributed by atoms with Crippen molar-refractivity contribution in [1.82, 2.24) is 5.32 Å². The molecule has 3 heteroatoms. The average Bonchev–Trinajstić information content (AvgIpc) is 1.93. The molecule has 0 bridgehead atoms. The summed E-state index contributed by atoms with van der Waals surface area (Å²) in [6.07, 6.45) is 1.35. The van der Waals surface area contributed by atoms with Crippen LogP contribution in [0.4, 0.5) is 0 Å². The molecule has 4 N–H and O–H groups in total. The molecule has 10 heavy (non-hydrogen) atoms. The van der Waals surface area contributed by atoms with E-state index in [-0.39, 0.29) is 12.1 Å². The van der Waals surface area contributed by atoms with Crippen molar-refractivity contribution in [2.45, 2.75) is 38.0 Å². The minimum atomic E-state index is -0.208. The van der Waals surface area contributed by atoms with Gasteiger partial charge in [0.05, 0.1) is 6.10 Å². The zero-order valence-electron chi connectivity index (χ0n) is 6.38. The second-order valence-electron chi connectivity index (χ2n) is 3.19. The van der Waals surface area contributed by atoms with Crippen molar-refractivity contribution in [3.05, 3.63) is 0 Å². The molecule has 0 radical (unpaired) electrons. The molecule has 1 aliphatic heterocycles. The Morgan fingerprint density at radius 2 is 2.20 bits per heavy atom. The summed E-state index contributed by atoms with van der Waals surface area (Å²) in [7, 11) is 0. The van der Waals surface area contributed by atoms with Gasteiger partial charge in [-0.3, -0.25) is 0 Å². The highest BCUT2D eigenvalue weighted by Crippen LogP contribution is 2.07. The minimum Gasteiger partial charge on any atom is -0.393 e. The Labute approximate surface area is 61.6 Å². The van der Waals surface area contributed by atoms with Crippen molar-refractivity contribution in [3.8, 4) is 0 Å². The predicted molar refractivity (Wildman–Crippen MR) is 40.7 cm³/mol. The van der Waals surface area contributed by atoms with E-state index in [0.29, 0.717) is 6.04 Å². The summed E-state index contributed by atoms with van der Waals surface area (Å²) in [5, 5.41) is 12.5. The Balaban J connectivity index is 2.38. The number of hydrogen-bond acceptors (Lipinski definition) is 3. The minimum absolute atomic E-state index is 0.125. The molecule has 1 rings (SSSR count). The lowest BCUT2D eigenvalue weighted by Crippen LogP contribution is -2.35. The highest BCUT2D eigenvalue weighted by atomic mass is 16.3. The number of aliphatic hydroxyl groups excluding tert-OH is 1. The van der Waals surface area contributed by atoms with Crippen LogP contribution >= 0.6 is 0 Å². The lowest BCUT2D eigenvalue weighted by atomic mass is 10.1. The van der Waals surface area contributed by atoms with Gasteiger partial charge in [0.2, 0.25) is 0 Å².